The molecule has 0 amide bonds. The van der Waals surface area contributed by atoms with Gasteiger partial charge in [-0.15, -0.1) is 0 Å². The van der Waals surface area contributed by atoms with Gasteiger partial charge >= 0.3 is 29.6 Å². The summed E-state index contributed by atoms with van der Waals surface area (Å²) in [6, 6.07) is 5.06. The second-order valence-corrected chi connectivity index (χ2v) is 2.16. The maximum absolute atomic E-state index is 10.5. The summed E-state index contributed by atoms with van der Waals surface area (Å²) < 4.78 is 0.698. The summed E-state index contributed by atoms with van der Waals surface area (Å²) >= 11 is 3.85. The molecule has 1 N–H and O–H groups in total. The zero-order valence-corrected chi connectivity index (χ0v) is 7.16. The summed E-state index contributed by atoms with van der Waals surface area (Å²) in [6.07, 6.45) is 1.41. The molecule has 0 aliphatic heterocycles. The van der Waals surface area contributed by atoms with Crippen molar-refractivity contribution in [3.05, 3.63) is 29.6 Å². The van der Waals surface area contributed by atoms with Crippen molar-refractivity contribution in [2.24, 2.45) is 0 Å². The van der Waals surface area contributed by atoms with E-state index in [9.17, 15) is 5.21 Å². The van der Waals surface area contributed by atoms with E-state index in [1.54, 1.807) is 25.1 Å². The molecule has 0 fully saturated rings. The van der Waals surface area contributed by atoms with Crippen LogP contribution in [0.1, 0.15) is 6.92 Å². The molecule has 12 heavy (non-hydrogen) atoms. The molecule has 0 unspecified atom stereocenters. The Morgan fingerprint density at radius 2 is 2.08 bits per heavy atom. The first-order chi connectivity index (χ1) is 5.22. The fourth-order valence-corrected chi connectivity index (χ4v) is 0.572. The van der Waals surface area contributed by atoms with E-state index in [2.05, 4.69) is 12.6 Å². The topological polar surface area (TPSA) is 47.2 Å². The maximum Gasteiger partial charge on any atom is 0.248 e. The molecular formula is C7H12NNaO2S. The minimum absolute atomic E-state index is 0. The Balaban J connectivity index is 0. The monoisotopic (exact) mass is 197 g/mol. The molecule has 1 rings (SSSR count). The van der Waals surface area contributed by atoms with Crippen molar-refractivity contribution in [1.82, 2.24) is 0 Å². The predicted molar refractivity (Wildman–Crippen MR) is 52.6 cm³/mol. The van der Waals surface area contributed by atoms with Gasteiger partial charge < -0.3 is 10.3 Å². The van der Waals surface area contributed by atoms with Gasteiger partial charge in [0.2, 0.25) is 5.03 Å². The molecule has 0 aliphatic carbocycles. The first-order valence-electron chi connectivity index (χ1n) is 3.20. The number of hydrogen-bond donors (Lipinski definition) is 2. The Hall–Kier alpha value is 0.260. The van der Waals surface area contributed by atoms with Gasteiger partial charge in [-0.3, -0.25) is 0 Å². The van der Waals surface area contributed by atoms with Gasteiger partial charge in [-0.2, -0.15) is 4.73 Å². The molecule has 1 heterocycles. The number of aliphatic hydroxyl groups excluding tert-OH is 1. The molecule has 0 saturated heterocycles. The van der Waals surface area contributed by atoms with Gasteiger partial charge in [-0.1, -0.05) is 12.6 Å². The van der Waals surface area contributed by atoms with Crippen molar-refractivity contribution < 1.29 is 9.84 Å². The Bertz CT molecular complexity index is 189. The summed E-state index contributed by atoms with van der Waals surface area (Å²) in [5.41, 5.74) is 0. The molecular weight excluding hydrogens is 185 g/mol. The summed E-state index contributed by atoms with van der Waals surface area (Å²) in [5.74, 6) is 0. The van der Waals surface area contributed by atoms with Crippen LogP contribution in [0.25, 0.3) is 0 Å². The van der Waals surface area contributed by atoms with E-state index in [0.717, 1.165) is 0 Å². The molecule has 0 aliphatic rings. The third kappa shape index (κ3) is 6.94. The predicted octanol–water partition coefficient (Wildman–Crippen LogP) is -0.0412. The SMILES string of the molecule is CCO.[NaH].[O-][n+]1ccccc1S. The summed E-state index contributed by atoms with van der Waals surface area (Å²) in [5, 5.41) is 18.5. The summed E-state index contributed by atoms with van der Waals surface area (Å²) in [4.78, 5) is 0. The van der Waals surface area contributed by atoms with E-state index in [1.807, 2.05) is 0 Å². The third-order valence-corrected chi connectivity index (χ3v) is 1.15. The van der Waals surface area contributed by atoms with E-state index in [-0.39, 0.29) is 36.2 Å². The molecule has 3 nitrogen and oxygen atoms in total. The van der Waals surface area contributed by atoms with Crippen LogP contribution in [0.5, 0.6) is 0 Å². The number of hydrogen-bond acceptors (Lipinski definition) is 3. The van der Waals surface area contributed by atoms with E-state index in [4.69, 9.17) is 5.11 Å². The average Bonchev–Trinajstić information content (AvgIpc) is 1.97. The van der Waals surface area contributed by atoms with Crippen LogP contribution in [0.2, 0.25) is 0 Å². The Kier molecular flexibility index (Phi) is 11.5. The van der Waals surface area contributed by atoms with Gasteiger partial charge in [0, 0.05) is 18.7 Å². The van der Waals surface area contributed by atoms with Crippen molar-refractivity contribution in [3.8, 4) is 0 Å². The molecule has 0 spiro atoms. The zero-order chi connectivity index (χ0) is 8.69. The fraction of sp³-hybridized carbons (Fsp3) is 0.286. The molecule has 1 aromatic rings. The molecule has 0 radical (unpaired) electrons. The standard InChI is InChI=1S/C5H5NOS.C2H6O.Na.H/c7-6-4-2-1-3-5(6)8;1-2-3;;/h1-4,8H;3H,2H2,1H3;;. The van der Waals surface area contributed by atoms with Crippen LogP contribution in [-0.2, 0) is 0 Å². The normalized spacial score (nSPS) is 7.58. The van der Waals surface area contributed by atoms with E-state index >= 15 is 0 Å². The quantitative estimate of drug-likeness (QED) is 0.265. The summed E-state index contributed by atoms with van der Waals surface area (Å²) in [6.45, 7) is 1.93. The van der Waals surface area contributed by atoms with E-state index in [0.29, 0.717) is 9.76 Å². The van der Waals surface area contributed by atoms with Gasteiger partial charge in [-0.05, 0) is 13.0 Å². The van der Waals surface area contributed by atoms with Crippen LogP contribution < -0.4 is 4.73 Å². The Morgan fingerprint density at radius 3 is 2.33 bits per heavy atom. The van der Waals surface area contributed by atoms with E-state index < -0.39 is 0 Å². The number of aliphatic hydroxyl groups is 1. The van der Waals surface area contributed by atoms with Crippen LogP contribution >= 0.6 is 12.6 Å². The van der Waals surface area contributed by atoms with Crippen LogP contribution in [0.4, 0.5) is 0 Å². The largest absolute Gasteiger partial charge is 0.618 e. The van der Waals surface area contributed by atoms with Gasteiger partial charge in [-0.25, -0.2) is 0 Å². The molecule has 5 heteroatoms. The fourth-order valence-electron chi connectivity index (χ4n) is 0.419. The second-order valence-electron chi connectivity index (χ2n) is 1.70. The minimum atomic E-state index is 0. The maximum atomic E-state index is 10.5. The first-order valence-corrected chi connectivity index (χ1v) is 3.65. The Labute approximate surface area is 99.7 Å². The van der Waals surface area contributed by atoms with Crippen LogP contribution in [-0.4, -0.2) is 41.3 Å². The minimum Gasteiger partial charge on any atom is -0.618 e. The summed E-state index contributed by atoms with van der Waals surface area (Å²) in [7, 11) is 0. The van der Waals surface area contributed by atoms with Crippen molar-refractivity contribution in [2.75, 3.05) is 6.61 Å². The smallest absolute Gasteiger partial charge is 0.248 e. The van der Waals surface area contributed by atoms with Gasteiger partial charge in [0.25, 0.3) is 0 Å². The number of rotatable bonds is 0. The number of aromatic nitrogens is 1. The van der Waals surface area contributed by atoms with Crippen molar-refractivity contribution >= 4 is 42.2 Å². The first kappa shape index (κ1) is 14.8. The number of nitrogens with zero attached hydrogens (tertiary/aromatic N) is 1. The van der Waals surface area contributed by atoms with Crippen molar-refractivity contribution in [1.29, 1.82) is 0 Å². The van der Waals surface area contributed by atoms with Gasteiger partial charge in [0.15, 0.2) is 6.20 Å². The molecule has 0 saturated carbocycles. The molecule has 64 valence electrons. The molecule has 0 bridgehead atoms. The van der Waals surface area contributed by atoms with Crippen LogP contribution in [0.3, 0.4) is 0 Å². The molecule has 1 aromatic heterocycles. The zero-order valence-electron chi connectivity index (χ0n) is 6.27. The van der Waals surface area contributed by atoms with Crippen molar-refractivity contribution in [3.63, 3.8) is 0 Å². The average molecular weight is 197 g/mol. The second kappa shape index (κ2) is 9.35. The van der Waals surface area contributed by atoms with Crippen molar-refractivity contribution in [2.45, 2.75) is 11.9 Å². The number of thiol groups is 1. The van der Waals surface area contributed by atoms with Gasteiger partial charge in [0.1, 0.15) is 0 Å². The molecule has 0 atom stereocenters. The Morgan fingerprint density at radius 1 is 1.58 bits per heavy atom. The van der Waals surface area contributed by atoms with Crippen LogP contribution in [0, 0.1) is 5.21 Å². The molecule has 0 aromatic carbocycles. The van der Waals surface area contributed by atoms with Crippen LogP contribution in [0.15, 0.2) is 29.4 Å². The van der Waals surface area contributed by atoms with E-state index in [1.165, 1.54) is 6.20 Å². The van der Waals surface area contributed by atoms with Gasteiger partial charge in [0.05, 0.1) is 0 Å². The third-order valence-electron chi connectivity index (χ3n) is 0.804. The number of pyridine rings is 1.